The van der Waals surface area contributed by atoms with Crippen LogP contribution in [0.2, 0.25) is 0 Å². The number of nitrogens with one attached hydrogen (secondary N) is 1. The fourth-order valence-electron chi connectivity index (χ4n) is 2.58. The normalized spacial score (nSPS) is 19.3. The Labute approximate surface area is 114 Å². The van der Waals surface area contributed by atoms with E-state index >= 15 is 0 Å². The van der Waals surface area contributed by atoms with Gasteiger partial charge in [0.05, 0.1) is 0 Å². The number of piperidine rings is 1. The van der Waals surface area contributed by atoms with Crippen LogP contribution in [0.3, 0.4) is 0 Å². The molecule has 19 heavy (non-hydrogen) atoms. The van der Waals surface area contributed by atoms with E-state index in [1.54, 1.807) is 6.92 Å². The van der Waals surface area contributed by atoms with Gasteiger partial charge in [0, 0.05) is 32.8 Å². The quantitative estimate of drug-likeness (QED) is 0.894. The van der Waals surface area contributed by atoms with E-state index in [0.717, 1.165) is 37.7 Å². The van der Waals surface area contributed by atoms with Crippen LogP contribution in [0.4, 0.5) is 5.82 Å². The van der Waals surface area contributed by atoms with Gasteiger partial charge in [-0.25, -0.2) is 9.97 Å². The second-order valence-corrected chi connectivity index (χ2v) is 5.19. The first-order chi connectivity index (χ1) is 9.15. The van der Waals surface area contributed by atoms with Gasteiger partial charge in [-0.15, -0.1) is 0 Å². The zero-order valence-electron chi connectivity index (χ0n) is 11.7. The standard InChI is InChI=1S/C14H22N4O/c1-11-15-8-6-14(17-11)18-9-3-4-13(10-18)5-7-16-12(2)19/h6,8,13H,3-5,7,9-10H2,1-2H3,(H,16,19)/t13-/m1/s1. The maximum atomic E-state index is 10.9. The van der Waals surface area contributed by atoms with Gasteiger partial charge in [0.15, 0.2) is 0 Å². The van der Waals surface area contributed by atoms with Crippen molar-refractivity contribution in [3.05, 3.63) is 18.1 Å². The third-order valence-electron chi connectivity index (χ3n) is 3.53. The molecule has 0 spiro atoms. The Kier molecular flexibility index (Phi) is 4.71. The molecule has 2 rings (SSSR count). The number of carbonyl (C=O) groups excluding carboxylic acids is 1. The van der Waals surface area contributed by atoms with E-state index in [4.69, 9.17) is 0 Å². The predicted octanol–water partition coefficient (Wildman–Crippen LogP) is 1.53. The molecule has 104 valence electrons. The molecule has 1 aromatic heterocycles. The lowest BCUT2D eigenvalue weighted by atomic mass is 9.95. The van der Waals surface area contributed by atoms with Crippen LogP contribution >= 0.6 is 0 Å². The van der Waals surface area contributed by atoms with Gasteiger partial charge in [0.25, 0.3) is 0 Å². The average Bonchev–Trinajstić information content (AvgIpc) is 2.39. The van der Waals surface area contributed by atoms with E-state index in [9.17, 15) is 4.79 Å². The fraction of sp³-hybridized carbons (Fsp3) is 0.643. The molecule has 0 unspecified atom stereocenters. The van der Waals surface area contributed by atoms with E-state index in [1.165, 1.54) is 12.8 Å². The van der Waals surface area contributed by atoms with Crippen molar-refractivity contribution < 1.29 is 4.79 Å². The third kappa shape index (κ3) is 4.19. The van der Waals surface area contributed by atoms with Crippen LogP contribution in [0.1, 0.15) is 32.0 Å². The van der Waals surface area contributed by atoms with E-state index in [-0.39, 0.29) is 5.91 Å². The predicted molar refractivity (Wildman–Crippen MR) is 75.0 cm³/mol. The van der Waals surface area contributed by atoms with Crippen molar-refractivity contribution in [3.63, 3.8) is 0 Å². The van der Waals surface area contributed by atoms with Gasteiger partial charge >= 0.3 is 0 Å². The highest BCUT2D eigenvalue weighted by molar-refractivity contribution is 5.72. The maximum absolute atomic E-state index is 10.9. The minimum absolute atomic E-state index is 0.0547. The zero-order chi connectivity index (χ0) is 13.7. The Hall–Kier alpha value is -1.65. The Balaban J connectivity index is 1.88. The van der Waals surface area contributed by atoms with Crippen LogP contribution in [-0.4, -0.2) is 35.5 Å². The number of nitrogens with zero attached hydrogens (tertiary/aromatic N) is 3. The number of anilines is 1. The van der Waals surface area contributed by atoms with Gasteiger partial charge in [0.2, 0.25) is 5.91 Å². The third-order valence-corrected chi connectivity index (χ3v) is 3.53. The Morgan fingerprint density at radius 3 is 3.16 bits per heavy atom. The molecule has 0 aromatic carbocycles. The molecule has 1 aliphatic heterocycles. The van der Waals surface area contributed by atoms with Gasteiger partial charge in [-0.3, -0.25) is 4.79 Å². The van der Waals surface area contributed by atoms with E-state index in [2.05, 4.69) is 20.2 Å². The summed E-state index contributed by atoms with van der Waals surface area (Å²) in [6.45, 7) is 6.35. The molecular formula is C14H22N4O. The fourth-order valence-corrected chi connectivity index (χ4v) is 2.58. The smallest absolute Gasteiger partial charge is 0.216 e. The molecule has 1 amide bonds. The van der Waals surface area contributed by atoms with Crippen LogP contribution in [-0.2, 0) is 4.79 Å². The summed E-state index contributed by atoms with van der Waals surface area (Å²) in [6, 6.07) is 1.98. The number of aromatic nitrogens is 2. The van der Waals surface area contributed by atoms with Crippen molar-refractivity contribution in [2.45, 2.75) is 33.1 Å². The van der Waals surface area contributed by atoms with Crippen molar-refractivity contribution in [1.29, 1.82) is 0 Å². The number of amides is 1. The lowest BCUT2D eigenvalue weighted by Crippen LogP contribution is -2.37. The molecule has 0 radical (unpaired) electrons. The second kappa shape index (κ2) is 6.50. The summed E-state index contributed by atoms with van der Waals surface area (Å²) in [7, 11) is 0. The molecule has 1 atom stereocenters. The highest BCUT2D eigenvalue weighted by Crippen LogP contribution is 2.23. The van der Waals surface area contributed by atoms with Gasteiger partial charge < -0.3 is 10.2 Å². The van der Waals surface area contributed by atoms with E-state index < -0.39 is 0 Å². The van der Waals surface area contributed by atoms with Crippen LogP contribution in [0, 0.1) is 12.8 Å². The summed E-state index contributed by atoms with van der Waals surface area (Å²) < 4.78 is 0. The minimum atomic E-state index is 0.0547. The number of aryl methyl sites for hydroxylation is 1. The summed E-state index contributed by atoms with van der Waals surface area (Å²) in [6.07, 6.45) is 5.28. The van der Waals surface area contributed by atoms with Gasteiger partial charge in [-0.1, -0.05) is 0 Å². The highest BCUT2D eigenvalue weighted by Gasteiger charge is 2.20. The number of carbonyl (C=O) groups is 1. The van der Waals surface area contributed by atoms with Gasteiger partial charge in [-0.05, 0) is 38.2 Å². The van der Waals surface area contributed by atoms with Crippen LogP contribution in [0.25, 0.3) is 0 Å². The first-order valence-corrected chi connectivity index (χ1v) is 6.94. The number of hydrogen-bond acceptors (Lipinski definition) is 4. The molecule has 2 heterocycles. The van der Waals surface area contributed by atoms with Crippen molar-refractivity contribution >= 4 is 11.7 Å². The Morgan fingerprint density at radius 1 is 1.58 bits per heavy atom. The molecule has 5 heteroatoms. The topological polar surface area (TPSA) is 58.1 Å². The van der Waals surface area contributed by atoms with Gasteiger partial charge in [0.1, 0.15) is 11.6 Å². The number of hydrogen-bond donors (Lipinski definition) is 1. The van der Waals surface area contributed by atoms with Gasteiger partial charge in [-0.2, -0.15) is 0 Å². The lowest BCUT2D eigenvalue weighted by molar-refractivity contribution is -0.119. The summed E-state index contributed by atoms with van der Waals surface area (Å²) >= 11 is 0. The van der Waals surface area contributed by atoms with Crippen LogP contribution in [0.5, 0.6) is 0 Å². The summed E-state index contributed by atoms with van der Waals surface area (Å²) in [4.78, 5) is 21.8. The molecule has 0 aliphatic carbocycles. The SMILES string of the molecule is CC(=O)NCC[C@H]1CCCN(c2ccnc(C)n2)C1. The second-order valence-electron chi connectivity index (χ2n) is 5.19. The van der Waals surface area contributed by atoms with Crippen molar-refractivity contribution in [2.24, 2.45) is 5.92 Å². The maximum Gasteiger partial charge on any atom is 0.216 e. The van der Waals surface area contributed by atoms with E-state index in [0.29, 0.717) is 5.92 Å². The van der Waals surface area contributed by atoms with Crippen LogP contribution in [0.15, 0.2) is 12.3 Å². The Morgan fingerprint density at radius 2 is 2.42 bits per heavy atom. The molecule has 0 saturated carbocycles. The largest absolute Gasteiger partial charge is 0.356 e. The van der Waals surface area contributed by atoms with Crippen molar-refractivity contribution in [3.8, 4) is 0 Å². The molecule has 1 N–H and O–H groups in total. The summed E-state index contributed by atoms with van der Waals surface area (Å²) in [5.41, 5.74) is 0. The first kappa shape index (κ1) is 13.8. The highest BCUT2D eigenvalue weighted by atomic mass is 16.1. The van der Waals surface area contributed by atoms with Crippen molar-refractivity contribution in [1.82, 2.24) is 15.3 Å². The first-order valence-electron chi connectivity index (χ1n) is 6.94. The molecule has 0 bridgehead atoms. The molecule has 1 aliphatic rings. The molecular weight excluding hydrogens is 240 g/mol. The lowest BCUT2D eigenvalue weighted by Gasteiger charge is -2.33. The van der Waals surface area contributed by atoms with Crippen LogP contribution < -0.4 is 10.2 Å². The Bertz CT molecular complexity index is 435. The number of rotatable bonds is 4. The summed E-state index contributed by atoms with van der Waals surface area (Å²) in [5.74, 6) is 2.53. The molecule has 5 nitrogen and oxygen atoms in total. The minimum Gasteiger partial charge on any atom is -0.356 e. The molecule has 1 saturated heterocycles. The average molecular weight is 262 g/mol. The molecule has 1 fully saturated rings. The van der Waals surface area contributed by atoms with E-state index in [1.807, 2.05) is 19.2 Å². The monoisotopic (exact) mass is 262 g/mol. The summed E-state index contributed by atoms with van der Waals surface area (Å²) in [5, 5.41) is 2.87. The van der Waals surface area contributed by atoms with Crippen molar-refractivity contribution in [2.75, 3.05) is 24.5 Å². The zero-order valence-corrected chi connectivity index (χ0v) is 11.7. The molecule has 1 aromatic rings.